The molecule has 0 saturated heterocycles. The fourth-order valence-corrected chi connectivity index (χ4v) is 1.70. The number of anilines is 1. The topological polar surface area (TPSA) is 80.6 Å². The first-order valence-electron chi connectivity index (χ1n) is 4.52. The van der Waals surface area contributed by atoms with Gasteiger partial charge in [-0.2, -0.15) is 9.97 Å². The van der Waals surface area contributed by atoms with Crippen molar-refractivity contribution >= 4 is 17.7 Å². The van der Waals surface area contributed by atoms with E-state index in [0.29, 0.717) is 0 Å². The molecule has 0 spiro atoms. The lowest BCUT2D eigenvalue weighted by atomic mass is 10.3. The van der Waals surface area contributed by atoms with Gasteiger partial charge >= 0.3 is 0 Å². The third kappa shape index (κ3) is 2.47. The SMILES string of the molecule is CCCCn1c(SC)nc(N)nc1=N. The second-order valence-electron chi connectivity index (χ2n) is 2.90. The first-order chi connectivity index (χ1) is 6.69. The molecule has 1 heterocycles. The average molecular weight is 213 g/mol. The third-order valence-electron chi connectivity index (χ3n) is 1.84. The summed E-state index contributed by atoms with van der Waals surface area (Å²) in [5.74, 6) is 0.173. The molecule has 0 bridgehead atoms. The highest BCUT2D eigenvalue weighted by Crippen LogP contribution is 2.10. The van der Waals surface area contributed by atoms with Crippen LogP contribution in [-0.2, 0) is 6.54 Å². The van der Waals surface area contributed by atoms with Crippen LogP contribution >= 0.6 is 11.8 Å². The Kier molecular flexibility index (Phi) is 3.94. The van der Waals surface area contributed by atoms with E-state index in [4.69, 9.17) is 11.1 Å². The third-order valence-corrected chi connectivity index (χ3v) is 2.51. The fourth-order valence-electron chi connectivity index (χ4n) is 1.12. The van der Waals surface area contributed by atoms with Gasteiger partial charge in [0.25, 0.3) is 0 Å². The van der Waals surface area contributed by atoms with Crippen molar-refractivity contribution in [3.63, 3.8) is 0 Å². The minimum atomic E-state index is 0.173. The van der Waals surface area contributed by atoms with Crippen LogP contribution in [0.4, 0.5) is 5.95 Å². The predicted molar refractivity (Wildman–Crippen MR) is 57.0 cm³/mol. The Balaban J connectivity index is 3.06. The van der Waals surface area contributed by atoms with Crippen molar-refractivity contribution in [2.24, 2.45) is 0 Å². The molecule has 1 aromatic heterocycles. The van der Waals surface area contributed by atoms with E-state index in [9.17, 15) is 0 Å². The molecule has 5 nitrogen and oxygen atoms in total. The van der Waals surface area contributed by atoms with Gasteiger partial charge in [0.1, 0.15) is 0 Å². The molecule has 0 aliphatic heterocycles. The Morgan fingerprint density at radius 2 is 2.21 bits per heavy atom. The summed E-state index contributed by atoms with van der Waals surface area (Å²) < 4.78 is 1.78. The summed E-state index contributed by atoms with van der Waals surface area (Å²) in [4.78, 5) is 7.90. The Labute approximate surface area is 87.3 Å². The minimum absolute atomic E-state index is 0.173. The van der Waals surface area contributed by atoms with Crippen molar-refractivity contribution in [2.45, 2.75) is 31.5 Å². The predicted octanol–water partition coefficient (Wildman–Crippen LogP) is 0.862. The lowest BCUT2D eigenvalue weighted by Gasteiger charge is -2.09. The van der Waals surface area contributed by atoms with Gasteiger partial charge in [-0.05, 0) is 12.7 Å². The monoisotopic (exact) mass is 213 g/mol. The maximum Gasteiger partial charge on any atom is 0.227 e. The normalized spacial score (nSPS) is 10.4. The van der Waals surface area contributed by atoms with Gasteiger partial charge in [0, 0.05) is 6.54 Å². The van der Waals surface area contributed by atoms with Gasteiger partial charge < -0.3 is 5.73 Å². The highest BCUT2D eigenvalue weighted by Gasteiger charge is 2.04. The lowest BCUT2D eigenvalue weighted by molar-refractivity contribution is 0.521. The highest BCUT2D eigenvalue weighted by molar-refractivity contribution is 7.98. The molecule has 0 unspecified atom stereocenters. The van der Waals surface area contributed by atoms with Crippen molar-refractivity contribution in [1.29, 1.82) is 5.41 Å². The van der Waals surface area contributed by atoms with Crippen LogP contribution in [0, 0.1) is 5.41 Å². The number of nitrogens with two attached hydrogens (primary N) is 1. The first-order valence-corrected chi connectivity index (χ1v) is 5.74. The molecule has 0 aliphatic rings. The number of hydrogen-bond donors (Lipinski definition) is 2. The molecule has 78 valence electrons. The number of nitrogens with zero attached hydrogens (tertiary/aromatic N) is 3. The Bertz CT molecular complexity index is 359. The quantitative estimate of drug-likeness (QED) is 0.727. The van der Waals surface area contributed by atoms with E-state index in [1.165, 1.54) is 11.8 Å². The molecule has 0 atom stereocenters. The summed E-state index contributed by atoms with van der Waals surface area (Å²) in [6.45, 7) is 2.90. The van der Waals surface area contributed by atoms with Crippen molar-refractivity contribution in [1.82, 2.24) is 14.5 Å². The Morgan fingerprint density at radius 3 is 2.79 bits per heavy atom. The minimum Gasteiger partial charge on any atom is -0.368 e. The van der Waals surface area contributed by atoms with Crippen LogP contribution in [0.2, 0.25) is 0 Å². The fraction of sp³-hybridized carbons (Fsp3) is 0.625. The number of nitrogens with one attached hydrogen (secondary N) is 1. The van der Waals surface area contributed by atoms with E-state index < -0.39 is 0 Å². The molecular formula is C8H15N5S. The van der Waals surface area contributed by atoms with Gasteiger partial charge in [-0.1, -0.05) is 25.1 Å². The number of unbranched alkanes of at least 4 members (excludes halogenated alkanes) is 1. The number of thioether (sulfide) groups is 1. The van der Waals surface area contributed by atoms with Crippen LogP contribution in [-0.4, -0.2) is 20.8 Å². The van der Waals surface area contributed by atoms with Crippen LogP contribution in [0.15, 0.2) is 5.16 Å². The van der Waals surface area contributed by atoms with Gasteiger partial charge in [-0.15, -0.1) is 0 Å². The van der Waals surface area contributed by atoms with Crippen LogP contribution in [0.3, 0.4) is 0 Å². The molecule has 0 aromatic carbocycles. The lowest BCUT2D eigenvalue weighted by Crippen LogP contribution is -2.27. The standard InChI is InChI=1S/C8H15N5S/c1-3-4-5-13-7(10)11-6(9)12-8(13)14-2/h3-5H2,1-2H3,(H3,9,10,11). The van der Waals surface area contributed by atoms with Gasteiger partial charge in [0.2, 0.25) is 11.6 Å². The zero-order valence-corrected chi connectivity index (χ0v) is 9.27. The molecule has 0 aliphatic carbocycles. The Morgan fingerprint density at radius 1 is 1.50 bits per heavy atom. The molecule has 1 aromatic rings. The molecule has 3 N–H and O–H groups in total. The smallest absolute Gasteiger partial charge is 0.227 e. The van der Waals surface area contributed by atoms with Crippen LogP contribution in [0.1, 0.15) is 19.8 Å². The van der Waals surface area contributed by atoms with Crippen molar-refractivity contribution in [2.75, 3.05) is 12.0 Å². The van der Waals surface area contributed by atoms with E-state index in [2.05, 4.69) is 16.9 Å². The van der Waals surface area contributed by atoms with E-state index in [1.54, 1.807) is 4.57 Å². The summed E-state index contributed by atoms with van der Waals surface area (Å²) in [5, 5.41) is 8.41. The van der Waals surface area contributed by atoms with Gasteiger partial charge in [-0.3, -0.25) is 9.98 Å². The number of aromatic nitrogens is 3. The number of hydrogen-bond acceptors (Lipinski definition) is 5. The molecule has 0 radical (unpaired) electrons. The van der Waals surface area contributed by atoms with E-state index in [1.807, 2.05) is 6.26 Å². The van der Waals surface area contributed by atoms with E-state index in [-0.39, 0.29) is 11.6 Å². The molecule has 0 amide bonds. The zero-order valence-electron chi connectivity index (χ0n) is 8.45. The summed E-state index contributed by atoms with van der Waals surface area (Å²) in [7, 11) is 0. The maximum absolute atomic E-state index is 7.65. The molecule has 14 heavy (non-hydrogen) atoms. The van der Waals surface area contributed by atoms with Crippen molar-refractivity contribution in [3.05, 3.63) is 5.62 Å². The van der Waals surface area contributed by atoms with Crippen molar-refractivity contribution < 1.29 is 0 Å². The number of rotatable bonds is 4. The zero-order chi connectivity index (χ0) is 10.6. The van der Waals surface area contributed by atoms with Crippen LogP contribution in [0.25, 0.3) is 0 Å². The second-order valence-corrected chi connectivity index (χ2v) is 3.67. The summed E-state index contributed by atoms with van der Waals surface area (Å²) in [5.41, 5.74) is 5.65. The first kappa shape index (κ1) is 11.0. The second kappa shape index (κ2) is 4.99. The molecule has 0 fully saturated rings. The molecule has 6 heteroatoms. The largest absolute Gasteiger partial charge is 0.368 e. The van der Waals surface area contributed by atoms with Gasteiger partial charge in [0.15, 0.2) is 5.16 Å². The van der Waals surface area contributed by atoms with Gasteiger partial charge in [0.05, 0.1) is 0 Å². The summed E-state index contributed by atoms with van der Waals surface area (Å²) in [6, 6.07) is 0. The average Bonchev–Trinajstić information content (AvgIpc) is 2.15. The number of nitrogen functional groups attached to an aromatic ring is 1. The highest BCUT2D eigenvalue weighted by atomic mass is 32.2. The van der Waals surface area contributed by atoms with E-state index >= 15 is 0 Å². The Hall–Kier alpha value is -1.04. The van der Waals surface area contributed by atoms with Crippen molar-refractivity contribution in [3.8, 4) is 0 Å². The molecular weight excluding hydrogens is 198 g/mol. The van der Waals surface area contributed by atoms with Crippen LogP contribution in [0.5, 0.6) is 0 Å². The van der Waals surface area contributed by atoms with Crippen LogP contribution < -0.4 is 11.4 Å². The molecule has 0 saturated carbocycles. The maximum atomic E-state index is 7.65. The summed E-state index contributed by atoms with van der Waals surface area (Å²) >= 11 is 1.49. The molecule has 1 rings (SSSR count). The van der Waals surface area contributed by atoms with E-state index in [0.717, 1.165) is 24.5 Å². The van der Waals surface area contributed by atoms with Gasteiger partial charge in [-0.25, -0.2) is 0 Å². The summed E-state index contributed by atoms with van der Waals surface area (Å²) in [6.07, 6.45) is 4.03.